The Hall–Kier alpha value is 0.0774. The van der Waals surface area contributed by atoms with E-state index in [0.29, 0.717) is 0 Å². The summed E-state index contributed by atoms with van der Waals surface area (Å²) >= 11 is 2.19. The van der Waals surface area contributed by atoms with Crippen LogP contribution in [0.1, 0.15) is 20.3 Å². The van der Waals surface area contributed by atoms with Crippen LogP contribution in [0, 0.1) is 0 Å². The predicted octanol–water partition coefficient (Wildman–Crippen LogP) is 1.78. The molecule has 0 aromatic carbocycles. The Bertz CT molecular complexity index is 158. The van der Waals surface area contributed by atoms with Crippen molar-refractivity contribution in [3.8, 4) is 0 Å². The van der Waals surface area contributed by atoms with E-state index in [1.807, 2.05) is 0 Å². The maximum atomic E-state index is 2.28. The van der Waals surface area contributed by atoms with Crippen LogP contribution in [0.15, 0.2) is 21.5 Å². The summed E-state index contributed by atoms with van der Waals surface area (Å²) in [6, 6.07) is 0. The van der Waals surface area contributed by atoms with Gasteiger partial charge in [0.05, 0.1) is 0 Å². The fourth-order valence-electron chi connectivity index (χ4n) is 0.949. The van der Waals surface area contributed by atoms with Crippen LogP contribution in [0.4, 0.5) is 0 Å². The fourth-order valence-corrected chi connectivity index (χ4v) is 0.949. The Morgan fingerprint density at radius 1 is 1.50 bits per heavy atom. The summed E-state index contributed by atoms with van der Waals surface area (Å²) in [7, 11) is 0. The monoisotopic (exact) mass is 100 g/mol. The second-order valence-corrected chi connectivity index (χ2v) is 2.50. The molecule has 0 saturated heterocycles. The van der Waals surface area contributed by atoms with Gasteiger partial charge in [-0.25, -0.2) is 0 Å². The third kappa shape index (κ3) is 0.916. The Morgan fingerprint density at radius 2 is 2.12 bits per heavy atom. The van der Waals surface area contributed by atoms with Gasteiger partial charge in [-0.05, 0) is 0 Å². The topological polar surface area (TPSA) is 0 Å². The van der Waals surface area contributed by atoms with Gasteiger partial charge < -0.3 is 0 Å². The number of rotatable bonds is 0. The molecule has 0 saturated carbocycles. The van der Waals surface area contributed by atoms with Gasteiger partial charge in [0.1, 0.15) is 0 Å². The van der Waals surface area contributed by atoms with Gasteiger partial charge in [0.25, 0.3) is 0 Å². The second-order valence-electron chi connectivity index (χ2n) is 2.50. The molecule has 0 fully saturated rings. The molecule has 1 heteroatoms. The first-order valence-corrected chi connectivity index (χ1v) is 3.05. The van der Waals surface area contributed by atoms with Crippen molar-refractivity contribution in [3.05, 3.63) is 21.5 Å². The Balaban J connectivity index is 2.88. The summed E-state index contributed by atoms with van der Waals surface area (Å²) < 4.78 is 1.49. The van der Waals surface area contributed by atoms with E-state index >= 15 is 0 Å². The van der Waals surface area contributed by atoms with Crippen LogP contribution in [0.2, 0.25) is 0 Å². The average molecular weight is 100 g/mol. The molecule has 0 unspecified atom stereocenters. The minimum atomic E-state index is 1.18. The summed E-state index contributed by atoms with van der Waals surface area (Å²) in [4.78, 5) is 0. The third-order valence-corrected chi connectivity index (χ3v) is 1.95. The van der Waals surface area contributed by atoms with E-state index in [0.717, 1.165) is 0 Å². The maximum absolute atomic E-state index is 2.28. The first-order valence-electron chi connectivity index (χ1n) is 3.05. The number of hydrogen-bond donors (Lipinski definition) is 0. The predicted molar refractivity (Wildman–Crippen MR) is 36.8 cm³/mol. The molecule has 0 atom stereocenters. The van der Waals surface area contributed by atoms with Crippen LogP contribution >= 0.6 is 0 Å². The average Bonchev–Trinajstić information content (AvgIpc) is 1.98. The summed E-state index contributed by atoms with van der Waals surface area (Å²) in [5.41, 5.74) is 2.99. The van der Waals surface area contributed by atoms with E-state index in [1.165, 1.54) is 21.8 Å². The van der Waals surface area contributed by atoms with E-state index in [1.54, 1.807) is 0 Å². The van der Waals surface area contributed by atoms with E-state index < -0.39 is 0 Å². The molecular weight excluding hydrogens is 91.0 g/mol. The molecule has 0 spiro atoms. The van der Waals surface area contributed by atoms with E-state index in [9.17, 15) is 0 Å². The van der Waals surface area contributed by atoms with E-state index in [4.69, 9.17) is 0 Å². The van der Waals surface area contributed by atoms with Crippen molar-refractivity contribution < 1.29 is 0 Å². The van der Waals surface area contributed by atoms with Crippen LogP contribution in [0.5, 0.6) is 0 Å². The van der Waals surface area contributed by atoms with Gasteiger partial charge in [0.2, 0.25) is 0 Å². The van der Waals surface area contributed by atoms with E-state index in [2.05, 4.69) is 37.6 Å². The van der Waals surface area contributed by atoms with Gasteiger partial charge in [-0.1, -0.05) is 0 Å². The molecule has 0 aliphatic heterocycles. The van der Waals surface area contributed by atoms with Crippen molar-refractivity contribution in [2.75, 3.05) is 0 Å². The van der Waals surface area contributed by atoms with Gasteiger partial charge in [-0.2, -0.15) is 0 Å². The first kappa shape index (κ1) is 6.20. The molecule has 0 N–H and O–H groups in total. The Morgan fingerprint density at radius 3 is 2.25 bits per heavy atom. The molecular formula is C7H9Li. The van der Waals surface area contributed by atoms with Gasteiger partial charge in [-0.15, -0.1) is 0 Å². The zero-order chi connectivity index (χ0) is 6.15. The number of allylic oxidation sites excluding steroid dienone is 4. The van der Waals surface area contributed by atoms with Crippen molar-refractivity contribution in [3.63, 3.8) is 0 Å². The van der Waals surface area contributed by atoms with Crippen LogP contribution in [-0.2, 0) is 0 Å². The molecule has 0 radical (unpaired) electrons. The normalized spacial score (nSPS) is 19.8. The van der Waals surface area contributed by atoms with Crippen molar-refractivity contribution >= 4 is 17.7 Å². The second kappa shape index (κ2) is 2.13. The Kier molecular flexibility index (Phi) is 1.65. The Labute approximate surface area is 59.9 Å². The molecule has 1 aliphatic rings. The minimum absolute atomic E-state index is 1.18. The number of hydrogen-bond acceptors (Lipinski definition) is 0. The van der Waals surface area contributed by atoms with Gasteiger partial charge in [-0.3, -0.25) is 0 Å². The van der Waals surface area contributed by atoms with Crippen LogP contribution in [0.3, 0.4) is 0 Å². The SMILES string of the molecule is [Li][C]1=C(C)CC=C1C. The molecule has 0 bridgehead atoms. The molecule has 0 aromatic rings. The van der Waals surface area contributed by atoms with E-state index in [-0.39, 0.29) is 0 Å². The van der Waals surface area contributed by atoms with Crippen molar-refractivity contribution in [1.29, 1.82) is 0 Å². The van der Waals surface area contributed by atoms with Gasteiger partial charge in [0, 0.05) is 0 Å². The molecule has 1 aliphatic carbocycles. The fraction of sp³-hybridized carbons (Fsp3) is 0.429. The van der Waals surface area contributed by atoms with Gasteiger partial charge in [0.15, 0.2) is 0 Å². The van der Waals surface area contributed by atoms with Crippen LogP contribution in [-0.4, -0.2) is 17.7 Å². The quantitative estimate of drug-likeness (QED) is 0.407. The summed E-state index contributed by atoms with van der Waals surface area (Å²) in [5.74, 6) is 0. The molecule has 8 heavy (non-hydrogen) atoms. The third-order valence-electron chi connectivity index (χ3n) is 1.95. The molecule has 0 aromatic heterocycles. The van der Waals surface area contributed by atoms with Gasteiger partial charge >= 0.3 is 59.5 Å². The summed E-state index contributed by atoms with van der Waals surface area (Å²) in [5, 5.41) is 0. The van der Waals surface area contributed by atoms with Crippen molar-refractivity contribution in [2.24, 2.45) is 0 Å². The molecule has 1 rings (SSSR count). The standard InChI is InChI=1S/C7H9.Li/c1-6-3-4-7(2)5-6;/h3H,4H2,1-2H3;. The van der Waals surface area contributed by atoms with Crippen LogP contribution < -0.4 is 0 Å². The summed E-state index contributed by atoms with van der Waals surface area (Å²) in [6.45, 7) is 4.37. The van der Waals surface area contributed by atoms with Crippen molar-refractivity contribution in [1.82, 2.24) is 0 Å². The molecule has 38 valence electrons. The molecule has 0 nitrogen and oxygen atoms in total. The first-order chi connectivity index (χ1) is 3.72. The summed E-state index contributed by atoms with van der Waals surface area (Å²) in [6.07, 6.45) is 3.46. The zero-order valence-corrected chi connectivity index (χ0v) is 5.78. The van der Waals surface area contributed by atoms with Crippen LogP contribution in [0.25, 0.3) is 0 Å². The van der Waals surface area contributed by atoms with Crippen molar-refractivity contribution in [2.45, 2.75) is 20.3 Å². The molecule has 0 heterocycles. The molecule has 0 amide bonds. The zero-order valence-electron chi connectivity index (χ0n) is 5.78.